The second kappa shape index (κ2) is 7.60. The highest BCUT2D eigenvalue weighted by Crippen LogP contribution is 2.34. The number of pyridine rings is 1. The third kappa shape index (κ3) is 4.56. The van der Waals surface area contributed by atoms with E-state index >= 15 is 0 Å². The molecule has 0 saturated carbocycles. The summed E-state index contributed by atoms with van der Waals surface area (Å²) in [5.41, 5.74) is 5.66. The number of carbonyl (C=O) groups excluding carboxylic acids is 1. The number of aromatic nitrogens is 1. The molecule has 1 atom stereocenters. The minimum absolute atomic E-state index is 0.00941. The van der Waals surface area contributed by atoms with Crippen molar-refractivity contribution < 1.29 is 17.6 Å². The molecule has 148 valence electrons. The Hall–Kier alpha value is -2.32. The van der Waals surface area contributed by atoms with Crippen LogP contribution < -0.4 is 5.73 Å². The summed E-state index contributed by atoms with van der Waals surface area (Å²) in [4.78, 5) is 20.7. The van der Waals surface area contributed by atoms with Gasteiger partial charge in [-0.3, -0.25) is 14.8 Å². The number of hydrogen-bond acceptors (Lipinski definition) is 6. The van der Waals surface area contributed by atoms with Gasteiger partial charge in [0.05, 0.1) is 16.3 Å². The van der Waals surface area contributed by atoms with Crippen molar-refractivity contribution in [3.05, 3.63) is 64.2 Å². The van der Waals surface area contributed by atoms with Crippen molar-refractivity contribution in [1.29, 1.82) is 0 Å². The molecule has 1 aromatic heterocycles. The van der Waals surface area contributed by atoms with Crippen molar-refractivity contribution in [2.45, 2.75) is 25.3 Å². The molecule has 0 aliphatic carbocycles. The molecule has 0 unspecified atom stereocenters. The van der Waals surface area contributed by atoms with Crippen LogP contribution in [0.2, 0.25) is 5.02 Å². The quantitative estimate of drug-likeness (QED) is 0.761. The largest absolute Gasteiger partial charge is 0.387 e. The lowest BCUT2D eigenvalue weighted by molar-refractivity contribution is 0.0988. The van der Waals surface area contributed by atoms with Crippen LogP contribution in [0.25, 0.3) is 0 Å². The van der Waals surface area contributed by atoms with Gasteiger partial charge in [-0.15, -0.1) is 0 Å². The number of amidine groups is 1. The molecule has 9 heteroatoms. The number of aliphatic imine (C=N–C) groups is 1. The van der Waals surface area contributed by atoms with Crippen LogP contribution in [0.15, 0.2) is 41.5 Å². The molecule has 0 bridgehead atoms. The minimum atomic E-state index is -3.38. The first-order valence-corrected chi connectivity index (χ1v) is 10.8. The number of benzene rings is 1. The number of nitrogens with zero attached hydrogens (tertiary/aromatic N) is 2. The molecule has 0 radical (unpaired) electrons. The lowest BCUT2D eigenvalue weighted by Gasteiger charge is -2.25. The lowest BCUT2D eigenvalue weighted by atomic mass is 9.87. The first-order chi connectivity index (χ1) is 13.1. The molecule has 3 rings (SSSR count). The molecule has 2 heterocycles. The van der Waals surface area contributed by atoms with Gasteiger partial charge in [-0.25, -0.2) is 12.8 Å². The summed E-state index contributed by atoms with van der Waals surface area (Å²) in [6.07, 6.45) is 1.49. The van der Waals surface area contributed by atoms with Crippen LogP contribution in [0.5, 0.6) is 0 Å². The van der Waals surface area contributed by atoms with E-state index in [2.05, 4.69) is 9.98 Å². The Balaban J connectivity index is 1.92. The van der Waals surface area contributed by atoms with E-state index in [9.17, 15) is 17.6 Å². The summed E-state index contributed by atoms with van der Waals surface area (Å²) in [5, 5.41) is 0.423. The molecule has 0 saturated heterocycles. The third-order valence-electron chi connectivity index (χ3n) is 4.65. The maximum atomic E-state index is 14.6. The SMILES string of the molecule is C[C@@]1(c2cc(CC(=O)c3ccc(Cl)cn3)ccc2F)CCS(=O)(=O)CC(N)=N1. The van der Waals surface area contributed by atoms with Gasteiger partial charge in [0.2, 0.25) is 0 Å². The third-order valence-corrected chi connectivity index (χ3v) is 6.43. The van der Waals surface area contributed by atoms with E-state index < -0.39 is 21.2 Å². The van der Waals surface area contributed by atoms with Crippen LogP contribution in [-0.2, 0) is 21.8 Å². The molecular weight excluding hydrogens is 405 g/mol. The van der Waals surface area contributed by atoms with Gasteiger partial charge in [0, 0.05) is 18.2 Å². The van der Waals surface area contributed by atoms with Gasteiger partial charge in [-0.05, 0) is 43.2 Å². The van der Waals surface area contributed by atoms with E-state index in [0.717, 1.165) is 0 Å². The molecule has 2 N–H and O–H groups in total. The molecule has 1 aromatic carbocycles. The molecule has 2 aromatic rings. The zero-order valence-electron chi connectivity index (χ0n) is 15.2. The van der Waals surface area contributed by atoms with Crippen molar-refractivity contribution in [1.82, 2.24) is 4.98 Å². The van der Waals surface area contributed by atoms with Crippen molar-refractivity contribution in [2.24, 2.45) is 10.7 Å². The van der Waals surface area contributed by atoms with Crippen molar-refractivity contribution in [3.63, 3.8) is 0 Å². The van der Waals surface area contributed by atoms with Gasteiger partial charge < -0.3 is 5.73 Å². The Morgan fingerprint density at radius 2 is 2.07 bits per heavy atom. The Bertz CT molecular complexity index is 1050. The Morgan fingerprint density at radius 1 is 1.32 bits per heavy atom. The molecule has 1 aliphatic heterocycles. The van der Waals surface area contributed by atoms with Crippen LogP contribution in [-0.4, -0.2) is 36.5 Å². The molecule has 1 aliphatic rings. The fourth-order valence-corrected chi connectivity index (χ4v) is 4.64. The number of rotatable bonds is 4. The molecule has 0 fully saturated rings. The van der Waals surface area contributed by atoms with Gasteiger partial charge >= 0.3 is 0 Å². The van der Waals surface area contributed by atoms with E-state index in [-0.39, 0.29) is 47.2 Å². The normalized spacial score (nSPS) is 21.6. The van der Waals surface area contributed by atoms with E-state index in [4.69, 9.17) is 17.3 Å². The van der Waals surface area contributed by atoms with Crippen LogP contribution >= 0.6 is 11.6 Å². The highest BCUT2D eigenvalue weighted by Gasteiger charge is 2.34. The van der Waals surface area contributed by atoms with Gasteiger partial charge in [-0.2, -0.15) is 0 Å². The number of hydrogen-bond donors (Lipinski definition) is 1. The molecule has 0 amide bonds. The maximum Gasteiger partial charge on any atom is 0.185 e. The topological polar surface area (TPSA) is 102 Å². The fraction of sp³-hybridized carbons (Fsp3) is 0.316. The average Bonchev–Trinajstić information content (AvgIpc) is 2.72. The zero-order valence-corrected chi connectivity index (χ0v) is 16.7. The first kappa shape index (κ1) is 20.4. The maximum absolute atomic E-state index is 14.6. The number of sulfone groups is 1. The highest BCUT2D eigenvalue weighted by molar-refractivity contribution is 7.92. The molecule has 0 spiro atoms. The Kier molecular flexibility index (Phi) is 5.54. The van der Waals surface area contributed by atoms with Crippen LogP contribution in [0, 0.1) is 5.82 Å². The number of ketones is 1. The number of nitrogens with two attached hydrogens (primary N) is 1. The smallest absolute Gasteiger partial charge is 0.185 e. The predicted octanol–water partition coefficient (Wildman–Crippen LogP) is 2.69. The van der Waals surface area contributed by atoms with E-state index in [1.165, 1.54) is 30.5 Å². The second-order valence-corrected chi connectivity index (χ2v) is 9.62. The zero-order chi connectivity index (χ0) is 20.5. The first-order valence-electron chi connectivity index (χ1n) is 8.56. The summed E-state index contributed by atoms with van der Waals surface area (Å²) in [7, 11) is -3.38. The monoisotopic (exact) mass is 423 g/mol. The number of carbonyl (C=O) groups is 1. The predicted molar refractivity (Wildman–Crippen MR) is 106 cm³/mol. The summed E-state index contributed by atoms with van der Waals surface area (Å²) in [6, 6.07) is 7.40. The van der Waals surface area contributed by atoms with Crippen molar-refractivity contribution in [2.75, 3.05) is 11.5 Å². The fourth-order valence-electron chi connectivity index (χ4n) is 3.16. The summed E-state index contributed by atoms with van der Waals surface area (Å²) in [6.45, 7) is 1.64. The average molecular weight is 424 g/mol. The van der Waals surface area contributed by atoms with E-state index in [1.54, 1.807) is 13.0 Å². The van der Waals surface area contributed by atoms with Crippen LogP contribution in [0.1, 0.15) is 35.0 Å². The van der Waals surface area contributed by atoms with Gasteiger partial charge in [0.1, 0.15) is 23.1 Å². The molecule has 28 heavy (non-hydrogen) atoms. The Morgan fingerprint density at radius 3 is 2.75 bits per heavy atom. The van der Waals surface area contributed by atoms with Crippen molar-refractivity contribution >= 4 is 33.1 Å². The van der Waals surface area contributed by atoms with Gasteiger partial charge in [0.25, 0.3) is 0 Å². The highest BCUT2D eigenvalue weighted by atomic mass is 35.5. The lowest BCUT2D eigenvalue weighted by Crippen LogP contribution is -2.26. The van der Waals surface area contributed by atoms with E-state index in [0.29, 0.717) is 10.6 Å². The van der Waals surface area contributed by atoms with Gasteiger partial charge in [0.15, 0.2) is 15.6 Å². The summed E-state index contributed by atoms with van der Waals surface area (Å²) in [5.74, 6) is -1.31. The van der Waals surface area contributed by atoms with Crippen LogP contribution in [0.4, 0.5) is 4.39 Å². The standard InChI is InChI=1S/C19H19ClFN3O3S/c1-19(6-7-28(26,27)11-18(22)24-19)14-8-12(2-4-15(14)21)9-17(25)16-5-3-13(20)10-23-16/h2-5,8,10H,6-7,9,11H2,1H3,(H2,22,24)/t19-/m0/s1. The second-order valence-electron chi connectivity index (χ2n) is 6.99. The van der Waals surface area contributed by atoms with E-state index in [1.807, 2.05) is 0 Å². The number of halogens is 2. The summed E-state index contributed by atoms with van der Waals surface area (Å²) < 4.78 is 38.5. The number of Topliss-reactive ketones (excluding diaryl/α,β-unsaturated/α-hetero) is 1. The van der Waals surface area contributed by atoms with Crippen LogP contribution in [0.3, 0.4) is 0 Å². The van der Waals surface area contributed by atoms with Gasteiger partial charge in [-0.1, -0.05) is 17.7 Å². The minimum Gasteiger partial charge on any atom is -0.387 e. The summed E-state index contributed by atoms with van der Waals surface area (Å²) >= 11 is 5.78. The van der Waals surface area contributed by atoms with Crippen molar-refractivity contribution in [3.8, 4) is 0 Å². The molecular formula is C19H19ClFN3O3S. The molecule has 6 nitrogen and oxygen atoms in total. The Labute approximate surface area is 167 Å².